The number of fused-ring (bicyclic) bond motifs is 1. The van der Waals surface area contributed by atoms with Crippen molar-refractivity contribution in [3.05, 3.63) is 81.2 Å². The van der Waals surface area contributed by atoms with Gasteiger partial charge in [-0.1, -0.05) is 55.8 Å². The van der Waals surface area contributed by atoms with E-state index in [9.17, 15) is 14.7 Å². The number of carboxylic acid groups (broad SMARTS) is 1. The van der Waals surface area contributed by atoms with Crippen LogP contribution in [0.25, 0.3) is 22.2 Å². The van der Waals surface area contributed by atoms with E-state index in [4.69, 9.17) is 0 Å². The first-order valence-corrected chi connectivity index (χ1v) is 10.7. The van der Waals surface area contributed by atoms with Crippen molar-refractivity contribution in [1.82, 2.24) is 13.9 Å². The summed E-state index contributed by atoms with van der Waals surface area (Å²) >= 11 is 1.24. The van der Waals surface area contributed by atoms with Crippen LogP contribution in [0.5, 0.6) is 0 Å². The van der Waals surface area contributed by atoms with Gasteiger partial charge >= 0.3 is 5.97 Å². The Labute approximate surface area is 177 Å². The fourth-order valence-electron chi connectivity index (χ4n) is 3.49. The number of unbranched alkanes of at least 4 members (excludes halogenated alkanes) is 1. The Kier molecular flexibility index (Phi) is 5.72. The number of hydrogen-bond acceptors (Lipinski definition) is 5. The summed E-state index contributed by atoms with van der Waals surface area (Å²) in [5.74, 6) is -0.203. The van der Waals surface area contributed by atoms with Crippen LogP contribution in [0.2, 0.25) is 0 Å². The normalized spacial score (nSPS) is 11.1. The fraction of sp³-hybridized carbons (Fsp3) is 0.217. The van der Waals surface area contributed by atoms with Gasteiger partial charge in [0.25, 0.3) is 5.56 Å². The molecule has 1 N–H and O–H groups in total. The van der Waals surface area contributed by atoms with Crippen molar-refractivity contribution in [2.45, 2.75) is 32.7 Å². The number of aromatic carboxylic acids is 1. The van der Waals surface area contributed by atoms with Gasteiger partial charge in [-0.15, -0.1) is 0 Å². The average Bonchev–Trinajstić information content (AvgIpc) is 3.24. The molecule has 0 atom stereocenters. The zero-order chi connectivity index (χ0) is 21.1. The van der Waals surface area contributed by atoms with Crippen LogP contribution in [0.15, 0.2) is 58.7 Å². The highest BCUT2D eigenvalue weighted by molar-refractivity contribution is 7.04. The van der Waals surface area contributed by atoms with E-state index in [0.717, 1.165) is 36.2 Å². The quantitative estimate of drug-likeness (QED) is 0.473. The van der Waals surface area contributed by atoms with E-state index in [1.807, 2.05) is 30.3 Å². The molecule has 6 nitrogen and oxygen atoms in total. The Bertz CT molecular complexity index is 1260. The smallest absolute Gasteiger partial charge is 0.336 e. The van der Waals surface area contributed by atoms with Crippen molar-refractivity contribution < 1.29 is 9.90 Å². The van der Waals surface area contributed by atoms with Gasteiger partial charge < -0.3 is 5.11 Å². The molecular weight excluding hydrogens is 398 g/mol. The number of carbonyl (C=O) groups is 1. The first-order chi connectivity index (χ1) is 14.6. The van der Waals surface area contributed by atoms with Gasteiger partial charge in [0.1, 0.15) is 5.82 Å². The SMILES string of the molecule is CCCCc1nc2nscc2c(=O)n1Cc1ccc(-c2ccccc2C(=O)O)cc1. The maximum absolute atomic E-state index is 13.0. The van der Waals surface area contributed by atoms with Crippen molar-refractivity contribution in [3.8, 4) is 11.1 Å². The third-order valence-corrected chi connectivity index (χ3v) is 5.71. The van der Waals surface area contributed by atoms with Crippen molar-refractivity contribution in [1.29, 1.82) is 0 Å². The minimum absolute atomic E-state index is 0.0693. The molecule has 152 valence electrons. The number of aryl methyl sites for hydroxylation is 1. The summed E-state index contributed by atoms with van der Waals surface area (Å²) < 4.78 is 5.96. The molecule has 0 fully saturated rings. The number of aromatic nitrogens is 3. The fourth-order valence-corrected chi connectivity index (χ4v) is 4.09. The van der Waals surface area contributed by atoms with Gasteiger partial charge in [-0.3, -0.25) is 9.36 Å². The molecule has 0 spiro atoms. The van der Waals surface area contributed by atoms with Crippen LogP contribution in [0.1, 0.15) is 41.5 Å². The minimum Gasteiger partial charge on any atom is -0.478 e. The molecule has 2 aromatic carbocycles. The van der Waals surface area contributed by atoms with Gasteiger partial charge in [-0.2, -0.15) is 4.37 Å². The Morgan fingerprint density at radius 3 is 2.63 bits per heavy atom. The van der Waals surface area contributed by atoms with Crippen LogP contribution in [0.3, 0.4) is 0 Å². The zero-order valence-electron chi connectivity index (χ0n) is 16.5. The molecule has 4 aromatic rings. The lowest BCUT2D eigenvalue weighted by Crippen LogP contribution is -2.25. The van der Waals surface area contributed by atoms with Gasteiger partial charge in [-0.05, 0) is 40.7 Å². The summed E-state index contributed by atoms with van der Waals surface area (Å²) in [6, 6.07) is 14.6. The molecule has 2 aromatic heterocycles. The van der Waals surface area contributed by atoms with Crippen LogP contribution < -0.4 is 5.56 Å². The van der Waals surface area contributed by atoms with E-state index in [2.05, 4.69) is 16.3 Å². The van der Waals surface area contributed by atoms with Crippen molar-refractivity contribution in [2.75, 3.05) is 0 Å². The van der Waals surface area contributed by atoms with Crippen LogP contribution in [-0.4, -0.2) is 25.0 Å². The minimum atomic E-state index is -0.953. The third kappa shape index (κ3) is 3.89. The van der Waals surface area contributed by atoms with Gasteiger partial charge in [0.2, 0.25) is 0 Å². The summed E-state index contributed by atoms with van der Waals surface area (Å²) in [4.78, 5) is 29.1. The van der Waals surface area contributed by atoms with Gasteiger partial charge in [-0.25, -0.2) is 9.78 Å². The molecule has 0 aliphatic heterocycles. The zero-order valence-corrected chi connectivity index (χ0v) is 17.4. The highest BCUT2D eigenvalue weighted by atomic mass is 32.1. The van der Waals surface area contributed by atoms with E-state index in [1.165, 1.54) is 11.5 Å². The van der Waals surface area contributed by atoms with E-state index in [-0.39, 0.29) is 11.1 Å². The molecule has 0 unspecified atom stereocenters. The van der Waals surface area contributed by atoms with E-state index >= 15 is 0 Å². The molecule has 0 amide bonds. The first kappa shape index (κ1) is 20.0. The van der Waals surface area contributed by atoms with Crippen molar-refractivity contribution >= 4 is 28.5 Å². The second-order valence-electron chi connectivity index (χ2n) is 7.12. The van der Waals surface area contributed by atoms with Crippen LogP contribution in [0, 0.1) is 0 Å². The summed E-state index contributed by atoms with van der Waals surface area (Å²) in [5, 5.41) is 11.7. The summed E-state index contributed by atoms with van der Waals surface area (Å²) in [6.45, 7) is 2.52. The Morgan fingerprint density at radius 2 is 1.90 bits per heavy atom. The summed E-state index contributed by atoms with van der Waals surface area (Å²) in [7, 11) is 0. The van der Waals surface area contributed by atoms with E-state index in [1.54, 1.807) is 28.1 Å². The Morgan fingerprint density at radius 1 is 1.13 bits per heavy atom. The summed E-state index contributed by atoms with van der Waals surface area (Å²) in [5.41, 5.74) is 3.17. The lowest BCUT2D eigenvalue weighted by molar-refractivity contribution is 0.0697. The molecular formula is C23H21N3O3S. The lowest BCUT2D eigenvalue weighted by atomic mass is 9.99. The van der Waals surface area contributed by atoms with Crippen LogP contribution >= 0.6 is 11.5 Å². The molecule has 0 bridgehead atoms. The second kappa shape index (κ2) is 8.59. The van der Waals surface area contributed by atoms with E-state index < -0.39 is 5.97 Å². The van der Waals surface area contributed by atoms with Crippen molar-refractivity contribution in [2.24, 2.45) is 0 Å². The highest BCUT2D eigenvalue weighted by Crippen LogP contribution is 2.24. The monoisotopic (exact) mass is 419 g/mol. The molecule has 0 aliphatic carbocycles. The molecule has 30 heavy (non-hydrogen) atoms. The largest absolute Gasteiger partial charge is 0.478 e. The van der Waals surface area contributed by atoms with E-state index in [0.29, 0.717) is 23.1 Å². The van der Waals surface area contributed by atoms with Gasteiger partial charge in [0, 0.05) is 11.8 Å². The van der Waals surface area contributed by atoms with Crippen molar-refractivity contribution in [3.63, 3.8) is 0 Å². The number of hydrogen-bond donors (Lipinski definition) is 1. The average molecular weight is 420 g/mol. The molecule has 0 aliphatic rings. The molecule has 4 rings (SSSR count). The maximum atomic E-state index is 13.0. The predicted molar refractivity (Wildman–Crippen MR) is 118 cm³/mol. The first-order valence-electron chi connectivity index (χ1n) is 9.84. The lowest BCUT2D eigenvalue weighted by Gasteiger charge is -2.13. The maximum Gasteiger partial charge on any atom is 0.336 e. The highest BCUT2D eigenvalue weighted by Gasteiger charge is 2.14. The number of nitrogens with zero attached hydrogens (tertiary/aromatic N) is 3. The Balaban J connectivity index is 1.69. The predicted octanol–water partition coefficient (Wildman–Crippen LogP) is 4.61. The second-order valence-corrected chi connectivity index (χ2v) is 7.75. The molecule has 0 saturated carbocycles. The molecule has 7 heteroatoms. The van der Waals surface area contributed by atoms with Gasteiger partial charge in [0.05, 0.1) is 17.5 Å². The third-order valence-electron chi connectivity index (χ3n) is 5.09. The van der Waals surface area contributed by atoms with Gasteiger partial charge in [0.15, 0.2) is 5.65 Å². The standard InChI is InChI=1S/C23H21N3O3S/c1-2-3-8-20-24-21-19(14-30-25-21)22(27)26(20)13-15-9-11-16(12-10-15)17-6-4-5-7-18(17)23(28)29/h4-7,9-12,14H,2-3,8,13H2,1H3,(H,28,29). The molecule has 0 saturated heterocycles. The Hall–Kier alpha value is -3.32. The number of benzene rings is 2. The summed E-state index contributed by atoms with van der Waals surface area (Å²) in [6.07, 6.45) is 2.69. The van der Waals surface area contributed by atoms with Crippen LogP contribution in [0.4, 0.5) is 0 Å². The number of rotatable bonds is 7. The molecule has 0 radical (unpaired) electrons. The topological polar surface area (TPSA) is 85.1 Å². The molecule has 2 heterocycles. The van der Waals surface area contributed by atoms with Crippen LogP contribution in [-0.2, 0) is 13.0 Å². The number of carboxylic acids is 1.